The molecule has 1 rings (SSSR count). The summed E-state index contributed by atoms with van der Waals surface area (Å²) in [7, 11) is 0. The van der Waals surface area contributed by atoms with Gasteiger partial charge in [0, 0.05) is 6.08 Å². The van der Waals surface area contributed by atoms with Crippen LogP contribution >= 0.6 is 0 Å². The minimum Gasteiger partial charge on any atom is -0.478 e. The number of carbonyl (C=O) groups is 3. The van der Waals surface area contributed by atoms with Crippen molar-refractivity contribution in [2.45, 2.75) is 13.5 Å². The molecule has 5 heteroatoms. The number of carbonyl (C=O) groups excluding carboxylic acids is 2. The van der Waals surface area contributed by atoms with E-state index in [0.717, 1.165) is 12.5 Å². The third kappa shape index (κ3) is 4.21. The molecular formula is C13H12O5. The predicted octanol–water partition coefficient (Wildman–Crippen LogP) is 1.33. The molecule has 0 saturated heterocycles. The van der Waals surface area contributed by atoms with Crippen molar-refractivity contribution in [1.82, 2.24) is 0 Å². The topological polar surface area (TPSA) is 80.7 Å². The van der Waals surface area contributed by atoms with E-state index in [1.54, 1.807) is 24.3 Å². The van der Waals surface area contributed by atoms with Gasteiger partial charge in [-0.25, -0.2) is 9.59 Å². The molecule has 0 spiro atoms. The van der Waals surface area contributed by atoms with Gasteiger partial charge >= 0.3 is 11.9 Å². The largest absolute Gasteiger partial charge is 0.478 e. The zero-order valence-electron chi connectivity index (χ0n) is 9.75. The number of rotatable bonds is 5. The second kappa shape index (κ2) is 6.34. The van der Waals surface area contributed by atoms with E-state index >= 15 is 0 Å². The number of aliphatic carboxylic acids is 1. The highest BCUT2D eigenvalue weighted by Gasteiger charge is 2.17. The van der Waals surface area contributed by atoms with Crippen LogP contribution in [0.15, 0.2) is 42.0 Å². The molecule has 1 aromatic carbocycles. The summed E-state index contributed by atoms with van der Waals surface area (Å²) < 4.78 is 4.86. The maximum absolute atomic E-state index is 11.5. The van der Waals surface area contributed by atoms with E-state index < -0.39 is 23.3 Å². The van der Waals surface area contributed by atoms with Crippen molar-refractivity contribution >= 4 is 17.7 Å². The Morgan fingerprint density at radius 3 is 2.33 bits per heavy atom. The minimum absolute atomic E-state index is 0.0100. The molecule has 0 unspecified atom stereocenters. The standard InChI is InChI=1S/C13H12O5/c1-9(14)11(7-12(15)16)13(17)18-8-10-5-3-2-4-6-10/h2-7H,8H2,1H3,(H,15,16). The summed E-state index contributed by atoms with van der Waals surface area (Å²) >= 11 is 0. The van der Waals surface area contributed by atoms with Gasteiger partial charge in [-0.2, -0.15) is 0 Å². The number of hydrogen-bond acceptors (Lipinski definition) is 4. The van der Waals surface area contributed by atoms with Gasteiger partial charge in [0.25, 0.3) is 0 Å². The average Bonchev–Trinajstić information content (AvgIpc) is 2.34. The Morgan fingerprint density at radius 1 is 1.22 bits per heavy atom. The predicted molar refractivity (Wildman–Crippen MR) is 62.6 cm³/mol. The highest BCUT2D eigenvalue weighted by atomic mass is 16.5. The molecule has 0 atom stereocenters. The summed E-state index contributed by atoms with van der Waals surface area (Å²) in [4.78, 5) is 33.1. The van der Waals surface area contributed by atoms with Crippen molar-refractivity contribution in [1.29, 1.82) is 0 Å². The van der Waals surface area contributed by atoms with Crippen molar-refractivity contribution in [3.8, 4) is 0 Å². The Kier molecular flexibility index (Phi) is 4.80. The number of carboxylic acids is 1. The molecule has 0 heterocycles. The molecular weight excluding hydrogens is 236 g/mol. The molecule has 0 saturated carbocycles. The monoisotopic (exact) mass is 248 g/mol. The van der Waals surface area contributed by atoms with Gasteiger partial charge in [-0.15, -0.1) is 0 Å². The summed E-state index contributed by atoms with van der Waals surface area (Å²) in [6.45, 7) is 1.10. The summed E-state index contributed by atoms with van der Waals surface area (Å²) in [5.74, 6) is -2.94. The second-order valence-corrected chi connectivity index (χ2v) is 3.51. The van der Waals surface area contributed by atoms with Crippen LogP contribution in [0.3, 0.4) is 0 Å². The van der Waals surface area contributed by atoms with Crippen molar-refractivity contribution in [2.24, 2.45) is 0 Å². The van der Waals surface area contributed by atoms with Gasteiger partial charge in [0.15, 0.2) is 5.78 Å². The van der Waals surface area contributed by atoms with Gasteiger partial charge in [-0.1, -0.05) is 30.3 Å². The van der Waals surface area contributed by atoms with Crippen molar-refractivity contribution in [3.63, 3.8) is 0 Å². The van der Waals surface area contributed by atoms with Crippen LogP contribution in [0.25, 0.3) is 0 Å². The number of esters is 1. The molecule has 0 fully saturated rings. The lowest BCUT2D eigenvalue weighted by molar-refractivity contribution is -0.142. The van der Waals surface area contributed by atoms with Crippen molar-refractivity contribution in [2.75, 3.05) is 0 Å². The molecule has 94 valence electrons. The van der Waals surface area contributed by atoms with Gasteiger partial charge < -0.3 is 9.84 Å². The second-order valence-electron chi connectivity index (χ2n) is 3.51. The first kappa shape index (κ1) is 13.6. The zero-order valence-corrected chi connectivity index (χ0v) is 9.75. The lowest BCUT2D eigenvalue weighted by Crippen LogP contribution is -2.15. The van der Waals surface area contributed by atoms with Crippen molar-refractivity contribution < 1.29 is 24.2 Å². The first-order valence-corrected chi connectivity index (χ1v) is 5.17. The zero-order chi connectivity index (χ0) is 13.5. The van der Waals surface area contributed by atoms with Crippen LogP contribution in [0.2, 0.25) is 0 Å². The summed E-state index contributed by atoms with van der Waals surface area (Å²) in [6.07, 6.45) is 0.551. The van der Waals surface area contributed by atoms with E-state index in [4.69, 9.17) is 9.84 Å². The molecule has 0 aliphatic rings. The van der Waals surface area contributed by atoms with Crippen LogP contribution in [0.4, 0.5) is 0 Å². The lowest BCUT2D eigenvalue weighted by atomic mass is 10.2. The lowest BCUT2D eigenvalue weighted by Gasteiger charge is -2.05. The van der Waals surface area contributed by atoms with E-state index in [0.29, 0.717) is 6.08 Å². The van der Waals surface area contributed by atoms with Gasteiger partial charge in [-0.3, -0.25) is 4.79 Å². The number of ketones is 1. The smallest absolute Gasteiger partial charge is 0.342 e. The van der Waals surface area contributed by atoms with E-state index in [9.17, 15) is 14.4 Å². The number of Topliss-reactive ketones (excluding diaryl/α,β-unsaturated/α-hetero) is 1. The molecule has 0 amide bonds. The van der Waals surface area contributed by atoms with Crippen LogP contribution in [0, 0.1) is 0 Å². The molecule has 1 aromatic rings. The van der Waals surface area contributed by atoms with Crippen LogP contribution in [0.1, 0.15) is 12.5 Å². The molecule has 5 nitrogen and oxygen atoms in total. The van der Waals surface area contributed by atoms with Crippen molar-refractivity contribution in [3.05, 3.63) is 47.5 Å². The van der Waals surface area contributed by atoms with Crippen LogP contribution < -0.4 is 0 Å². The van der Waals surface area contributed by atoms with Gasteiger partial charge in [-0.05, 0) is 12.5 Å². The van der Waals surface area contributed by atoms with E-state index in [1.807, 2.05) is 6.07 Å². The highest BCUT2D eigenvalue weighted by molar-refractivity contribution is 6.18. The van der Waals surface area contributed by atoms with Gasteiger partial charge in [0.2, 0.25) is 0 Å². The Bertz CT molecular complexity index is 487. The minimum atomic E-state index is -1.36. The molecule has 0 radical (unpaired) electrons. The van der Waals surface area contributed by atoms with Gasteiger partial charge in [0.05, 0.1) is 0 Å². The maximum atomic E-state index is 11.5. The number of benzene rings is 1. The number of ether oxygens (including phenoxy) is 1. The molecule has 1 N–H and O–H groups in total. The van der Waals surface area contributed by atoms with E-state index in [2.05, 4.69) is 0 Å². The number of carboxylic acid groups (broad SMARTS) is 1. The van der Waals surface area contributed by atoms with Crippen LogP contribution in [-0.2, 0) is 25.7 Å². The number of hydrogen-bond donors (Lipinski definition) is 1. The van der Waals surface area contributed by atoms with Crippen LogP contribution in [-0.4, -0.2) is 22.8 Å². The maximum Gasteiger partial charge on any atom is 0.342 e. The Balaban J connectivity index is 2.69. The van der Waals surface area contributed by atoms with E-state index in [-0.39, 0.29) is 6.61 Å². The summed E-state index contributed by atoms with van der Waals surface area (Å²) in [6, 6.07) is 8.88. The SMILES string of the molecule is CC(=O)C(=CC(=O)O)C(=O)OCc1ccccc1. The Labute approximate surface area is 104 Å². The molecule has 0 aromatic heterocycles. The quantitative estimate of drug-likeness (QED) is 0.368. The Hall–Kier alpha value is -2.43. The fourth-order valence-corrected chi connectivity index (χ4v) is 1.23. The van der Waals surface area contributed by atoms with Gasteiger partial charge in [0.1, 0.15) is 12.2 Å². The first-order chi connectivity index (χ1) is 8.50. The molecule has 18 heavy (non-hydrogen) atoms. The molecule has 0 aliphatic carbocycles. The fraction of sp³-hybridized carbons (Fsp3) is 0.154. The van der Waals surface area contributed by atoms with E-state index in [1.165, 1.54) is 0 Å². The average molecular weight is 248 g/mol. The van der Waals surface area contributed by atoms with Crippen LogP contribution in [0.5, 0.6) is 0 Å². The first-order valence-electron chi connectivity index (χ1n) is 5.17. The highest BCUT2D eigenvalue weighted by Crippen LogP contribution is 2.05. The third-order valence-corrected chi connectivity index (χ3v) is 2.08. The molecule has 0 aliphatic heterocycles. The summed E-state index contributed by atoms with van der Waals surface area (Å²) in [5, 5.41) is 8.53. The normalized spacial score (nSPS) is 10.8. The summed E-state index contributed by atoms with van der Waals surface area (Å²) in [5.41, 5.74) is 0.280. The molecule has 0 bridgehead atoms. The fourth-order valence-electron chi connectivity index (χ4n) is 1.23. The Morgan fingerprint density at radius 2 is 1.83 bits per heavy atom. The third-order valence-electron chi connectivity index (χ3n) is 2.08.